The molecule has 1 aliphatic heterocycles. The van der Waals surface area contributed by atoms with Crippen LogP contribution in [-0.2, 0) is 6.42 Å². The SMILES string of the molecule is CC(C)c1ccc(-c2nn3c(nc2=O)-c2ccccc2N[C@@H]3Cc2ccccc2)cc1. The largest absolute Gasteiger partial charge is 0.363 e. The Morgan fingerprint density at radius 1 is 0.935 bits per heavy atom. The first-order valence-corrected chi connectivity index (χ1v) is 10.6. The van der Waals surface area contributed by atoms with Gasteiger partial charge in [0.25, 0.3) is 5.56 Å². The maximum absolute atomic E-state index is 13.0. The summed E-state index contributed by atoms with van der Waals surface area (Å²) in [4.78, 5) is 17.5. The minimum absolute atomic E-state index is 0.144. The molecule has 1 aliphatic rings. The molecule has 5 rings (SSSR count). The summed E-state index contributed by atoms with van der Waals surface area (Å²) in [6.45, 7) is 4.31. The fourth-order valence-corrected chi connectivity index (χ4v) is 4.03. The van der Waals surface area contributed by atoms with E-state index in [9.17, 15) is 4.79 Å². The maximum atomic E-state index is 13.0. The highest BCUT2D eigenvalue weighted by molar-refractivity contribution is 5.76. The van der Waals surface area contributed by atoms with Gasteiger partial charge in [-0.15, -0.1) is 0 Å². The molecule has 3 aromatic carbocycles. The molecule has 1 atom stereocenters. The molecular formula is C26H24N4O. The molecule has 0 saturated heterocycles. The second kappa shape index (κ2) is 7.84. The molecule has 154 valence electrons. The molecule has 0 fully saturated rings. The number of fused-ring (bicyclic) bond motifs is 3. The van der Waals surface area contributed by atoms with E-state index in [2.05, 4.69) is 48.4 Å². The Kier molecular flexibility index (Phi) is 4.86. The van der Waals surface area contributed by atoms with Gasteiger partial charge in [0, 0.05) is 23.2 Å². The third-order valence-corrected chi connectivity index (χ3v) is 5.74. The second-order valence-corrected chi connectivity index (χ2v) is 8.21. The number of hydrogen-bond acceptors (Lipinski definition) is 4. The van der Waals surface area contributed by atoms with Gasteiger partial charge in [0.2, 0.25) is 0 Å². The maximum Gasteiger partial charge on any atom is 0.300 e. The number of benzene rings is 3. The van der Waals surface area contributed by atoms with E-state index >= 15 is 0 Å². The lowest BCUT2D eigenvalue weighted by atomic mass is 10.0. The van der Waals surface area contributed by atoms with Gasteiger partial charge in [0.15, 0.2) is 11.5 Å². The summed E-state index contributed by atoms with van der Waals surface area (Å²) in [6, 6.07) is 26.2. The average Bonchev–Trinajstić information content (AvgIpc) is 2.79. The highest BCUT2D eigenvalue weighted by Gasteiger charge is 2.27. The summed E-state index contributed by atoms with van der Waals surface area (Å²) in [5.74, 6) is 1.03. The Balaban J connectivity index is 1.63. The van der Waals surface area contributed by atoms with E-state index in [1.807, 2.05) is 59.3 Å². The van der Waals surface area contributed by atoms with Crippen molar-refractivity contribution in [1.82, 2.24) is 14.8 Å². The summed E-state index contributed by atoms with van der Waals surface area (Å²) < 4.78 is 1.86. The van der Waals surface area contributed by atoms with E-state index in [1.165, 1.54) is 11.1 Å². The summed E-state index contributed by atoms with van der Waals surface area (Å²) >= 11 is 0. The topological polar surface area (TPSA) is 59.8 Å². The van der Waals surface area contributed by atoms with Crippen LogP contribution in [0.1, 0.15) is 37.1 Å². The van der Waals surface area contributed by atoms with Crippen LogP contribution >= 0.6 is 0 Å². The van der Waals surface area contributed by atoms with E-state index in [4.69, 9.17) is 5.10 Å². The molecule has 0 bridgehead atoms. The monoisotopic (exact) mass is 408 g/mol. The molecule has 0 unspecified atom stereocenters. The van der Waals surface area contributed by atoms with Gasteiger partial charge >= 0.3 is 0 Å². The third-order valence-electron chi connectivity index (χ3n) is 5.74. The molecule has 2 heterocycles. The van der Waals surface area contributed by atoms with Gasteiger partial charge in [-0.25, -0.2) is 4.68 Å². The zero-order chi connectivity index (χ0) is 21.4. The summed E-state index contributed by atoms with van der Waals surface area (Å²) in [6.07, 6.45) is 0.583. The van der Waals surface area contributed by atoms with E-state index in [1.54, 1.807) is 0 Å². The molecule has 0 spiro atoms. The van der Waals surface area contributed by atoms with E-state index < -0.39 is 0 Å². The Morgan fingerprint density at radius 3 is 2.39 bits per heavy atom. The van der Waals surface area contributed by atoms with E-state index in [0.29, 0.717) is 17.4 Å². The average molecular weight is 409 g/mol. The molecule has 0 amide bonds. The standard InChI is InChI=1S/C26H24N4O/c1-17(2)19-12-14-20(15-13-19)24-26(31)28-25-21-10-6-7-11-22(21)27-23(30(25)29-24)16-18-8-4-3-5-9-18/h3-15,17,23,27H,16H2,1-2H3/t23-/m0/s1. The Morgan fingerprint density at radius 2 is 1.65 bits per heavy atom. The van der Waals surface area contributed by atoms with Crippen molar-refractivity contribution in [3.63, 3.8) is 0 Å². The zero-order valence-electron chi connectivity index (χ0n) is 17.6. The van der Waals surface area contributed by atoms with Crippen LogP contribution in [0, 0.1) is 0 Å². The normalized spacial score (nSPS) is 14.6. The Bertz CT molecular complexity index is 1280. The first kappa shape index (κ1) is 19.2. The number of aromatic nitrogens is 3. The number of anilines is 1. The molecule has 31 heavy (non-hydrogen) atoms. The molecule has 4 aromatic rings. The summed E-state index contributed by atoms with van der Waals surface area (Å²) in [5.41, 5.74) is 5.12. The van der Waals surface area contributed by atoms with Crippen LogP contribution < -0.4 is 10.9 Å². The van der Waals surface area contributed by atoms with Gasteiger partial charge in [-0.3, -0.25) is 4.79 Å². The fraction of sp³-hybridized carbons (Fsp3) is 0.192. The van der Waals surface area contributed by atoms with Crippen LogP contribution in [0.5, 0.6) is 0 Å². The molecule has 1 N–H and O–H groups in total. The van der Waals surface area contributed by atoms with Crippen molar-refractivity contribution in [3.8, 4) is 22.6 Å². The minimum atomic E-state index is -0.307. The highest BCUT2D eigenvalue weighted by atomic mass is 16.1. The predicted octanol–water partition coefficient (Wildman–Crippen LogP) is 5.26. The van der Waals surface area contributed by atoms with E-state index in [-0.39, 0.29) is 11.7 Å². The van der Waals surface area contributed by atoms with Crippen LogP contribution in [-0.4, -0.2) is 14.8 Å². The Hall–Kier alpha value is -3.73. The number of nitrogens with one attached hydrogen (secondary N) is 1. The van der Waals surface area contributed by atoms with Crippen LogP contribution in [0.2, 0.25) is 0 Å². The summed E-state index contributed by atoms with van der Waals surface area (Å²) in [5, 5.41) is 8.40. The third kappa shape index (κ3) is 3.63. The number of para-hydroxylation sites is 1. The second-order valence-electron chi connectivity index (χ2n) is 8.21. The molecule has 0 aliphatic carbocycles. The van der Waals surface area contributed by atoms with Crippen LogP contribution in [0.4, 0.5) is 5.69 Å². The summed E-state index contributed by atoms with van der Waals surface area (Å²) in [7, 11) is 0. The number of nitrogens with zero attached hydrogens (tertiary/aromatic N) is 3. The van der Waals surface area contributed by atoms with Crippen molar-refractivity contribution in [2.24, 2.45) is 0 Å². The molecule has 0 saturated carbocycles. The quantitative estimate of drug-likeness (QED) is 0.500. The van der Waals surface area contributed by atoms with Crippen LogP contribution in [0.3, 0.4) is 0 Å². The van der Waals surface area contributed by atoms with Crippen molar-refractivity contribution in [2.75, 3.05) is 5.32 Å². The van der Waals surface area contributed by atoms with Gasteiger partial charge in [-0.1, -0.05) is 80.6 Å². The highest BCUT2D eigenvalue weighted by Crippen LogP contribution is 2.35. The van der Waals surface area contributed by atoms with Gasteiger partial charge in [0.05, 0.1) is 0 Å². The number of rotatable bonds is 4. The van der Waals surface area contributed by atoms with Crippen LogP contribution in [0.15, 0.2) is 83.7 Å². The van der Waals surface area contributed by atoms with Gasteiger partial charge in [-0.05, 0) is 29.2 Å². The fourth-order valence-electron chi connectivity index (χ4n) is 4.03. The van der Waals surface area contributed by atoms with E-state index in [0.717, 1.165) is 23.2 Å². The first-order chi connectivity index (χ1) is 15.1. The van der Waals surface area contributed by atoms with Gasteiger partial charge in [0.1, 0.15) is 6.17 Å². The molecular weight excluding hydrogens is 384 g/mol. The zero-order valence-corrected chi connectivity index (χ0v) is 17.6. The van der Waals surface area contributed by atoms with Crippen molar-refractivity contribution in [1.29, 1.82) is 0 Å². The smallest absolute Gasteiger partial charge is 0.300 e. The predicted molar refractivity (Wildman–Crippen MR) is 124 cm³/mol. The lowest BCUT2D eigenvalue weighted by Crippen LogP contribution is -2.32. The lowest BCUT2D eigenvalue weighted by Gasteiger charge is -2.30. The lowest BCUT2D eigenvalue weighted by molar-refractivity contribution is 0.482. The first-order valence-electron chi connectivity index (χ1n) is 10.6. The number of hydrogen-bond donors (Lipinski definition) is 1. The molecule has 0 radical (unpaired) electrons. The van der Waals surface area contributed by atoms with Crippen molar-refractivity contribution in [3.05, 3.63) is 100 Å². The van der Waals surface area contributed by atoms with Crippen molar-refractivity contribution < 1.29 is 0 Å². The molecule has 5 heteroatoms. The Labute approximate surface area is 181 Å². The van der Waals surface area contributed by atoms with Gasteiger partial charge in [-0.2, -0.15) is 10.1 Å². The molecule has 5 nitrogen and oxygen atoms in total. The molecule has 1 aromatic heterocycles. The van der Waals surface area contributed by atoms with Gasteiger partial charge < -0.3 is 5.32 Å². The van der Waals surface area contributed by atoms with Crippen LogP contribution in [0.25, 0.3) is 22.6 Å². The minimum Gasteiger partial charge on any atom is -0.363 e. The van der Waals surface area contributed by atoms with Crippen molar-refractivity contribution in [2.45, 2.75) is 32.4 Å². The van der Waals surface area contributed by atoms with Crippen molar-refractivity contribution >= 4 is 5.69 Å².